The van der Waals surface area contributed by atoms with Crippen molar-refractivity contribution in [3.63, 3.8) is 0 Å². The van der Waals surface area contributed by atoms with Crippen molar-refractivity contribution in [1.29, 1.82) is 5.26 Å². The first-order valence-electron chi connectivity index (χ1n) is 4.44. The zero-order valence-corrected chi connectivity index (χ0v) is 8.29. The SMILES string of the molecule is CC(N)CCC(=O)N(C)CCC#N. The molecule has 2 N–H and O–H groups in total. The van der Waals surface area contributed by atoms with Gasteiger partial charge in [-0.3, -0.25) is 4.79 Å². The molecule has 74 valence electrons. The molecule has 1 unspecified atom stereocenters. The average Bonchev–Trinajstić information content (AvgIpc) is 2.10. The average molecular weight is 183 g/mol. The molecule has 13 heavy (non-hydrogen) atoms. The molecule has 0 aromatic carbocycles. The minimum Gasteiger partial charge on any atom is -0.345 e. The third kappa shape index (κ3) is 6.12. The fraction of sp³-hybridized carbons (Fsp3) is 0.778. The minimum atomic E-state index is 0.0625. The van der Waals surface area contributed by atoms with Crippen molar-refractivity contribution in [2.24, 2.45) is 5.73 Å². The second-order valence-electron chi connectivity index (χ2n) is 3.24. The van der Waals surface area contributed by atoms with Crippen LogP contribution in [0.5, 0.6) is 0 Å². The summed E-state index contributed by atoms with van der Waals surface area (Å²) < 4.78 is 0. The van der Waals surface area contributed by atoms with Crippen molar-refractivity contribution in [2.75, 3.05) is 13.6 Å². The molecule has 0 radical (unpaired) electrons. The lowest BCUT2D eigenvalue weighted by molar-refractivity contribution is -0.130. The van der Waals surface area contributed by atoms with Gasteiger partial charge >= 0.3 is 0 Å². The van der Waals surface area contributed by atoms with Gasteiger partial charge in [-0.2, -0.15) is 5.26 Å². The van der Waals surface area contributed by atoms with Crippen LogP contribution in [0.25, 0.3) is 0 Å². The quantitative estimate of drug-likeness (QED) is 0.674. The number of amides is 1. The number of carbonyl (C=O) groups is 1. The molecule has 0 heterocycles. The smallest absolute Gasteiger partial charge is 0.222 e. The molecule has 0 aliphatic rings. The van der Waals surface area contributed by atoms with Gasteiger partial charge in [0, 0.05) is 26.1 Å². The molecule has 0 aromatic heterocycles. The van der Waals surface area contributed by atoms with Crippen molar-refractivity contribution in [3.05, 3.63) is 0 Å². The lowest BCUT2D eigenvalue weighted by Gasteiger charge is -2.15. The van der Waals surface area contributed by atoms with Gasteiger partial charge in [0.15, 0.2) is 0 Å². The Balaban J connectivity index is 3.64. The Morgan fingerprint density at radius 1 is 1.69 bits per heavy atom. The number of nitrogens with two attached hydrogens (primary N) is 1. The third-order valence-corrected chi connectivity index (χ3v) is 1.80. The van der Waals surface area contributed by atoms with E-state index in [0.29, 0.717) is 25.8 Å². The van der Waals surface area contributed by atoms with Gasteiger partial charge in [0.05, 0.1) is 12.5 Å². The van der Waals surface area contributed by atoms with Crippen LogP contribution in [0.4, 0.5) is 0 Å². The van der Waals surface area contributed by atoms with E-state index in [1.165, 1.54) is 0 Å². The highest BCUT2D eigenvalue weighted by molar-refractivity contribution is 5.75. The molecular weight excluding hydrogens is 166 g/mol. The lowest BCUT2D eigenvalue weighted by atomic mass is 10.2. The van der Waals surface area contributed by atoms with Gasteiger partial charge in [-0.05, 0) is 13.3 Å². The molecule has 0 rings (SSSR count). The number of rotatable bonds is 5. The second-order valence-corrected chi connectivity index (χ2v) is 3.24. The summed E-state index contributed by atoms with van der Waals surface area (Å²) in [5, 5.41) is 8.31. The predicted octanol–water partition coefficient (Wildman–Crippen LogP) is 0.486. The first-order valence-corrected chi connectivity index (χ1v) is 4.44. The lowest BCUT2D eigenvalue weighted by Crippen LogP contribution is -2.29. The molecule has 0 aliphatic heterocycles. The van der Waals surface area contributed by atoms with Crippen LogP contribution < -0.4 is 5.73 Å². The number of carbonyl (C=O) groups excluding carboxylic acids is 1. The van der Waals surface area contributed by atoms with E-state index in [0.717, 1.165) is 0 Å². The summed E-state index contributed by atoms with van der Waals surface area (Å²) >= 11 is 0. The van der Waals surface area contributed by atoms with Crippen LogP contribution in [-0.4, -0.2) is 30.4 Å². The number of nitriles is 1. The van der Waals surface area contributed by atoms with Crippen molar-refractivity contribution in [2.45, 2.75) is 32.2 Å². The summed E-state index contributed by atoms with van der Waals surface area (Å²) in [4.78, 5) is 12.9. The van der Waals surface area contributed by atoms with Crippen molar-refractivity contribution in [1.82, 2.24) is 4.90 Å². The maximum Gasteiger partial charge on any atom is 0.222 e. The molecule has 4 nitrogen and oxygen atoms in total. The first-order chi connectivity index (χ1) is 6.07. The number of hydrogen-bond donors (Lipinski definition) is 1. The van der Waals surface area contributed by atoms with E-state index < -0.39 is 0 Å². The Morgan fingerprint density at radius 3 is 2.77 bits per heavy atom. The van der Waals surface area contributed by atoms with Crippen LogP contribution in [0.1, 0.15) is 26.2 Å². The van der Waals surface area contributed by atoms with Gasteiger partial charge in [-0.1, -0.05) is 0 Å². The molecule has 0 aromatic rings. The molecule has 0 aliphatic carbocycles. The van der Waals surface area contributed by atoms with Gasteiger partial charge in [0.25, 0.3) is 0 Å². The molecule has 1 amide bonds. The van der Waals surface area contributed by atoms with E-state index in [9.17, 15) is 4.79 Å². The zero-order valence-electron chi connectivity index (χ0n) is 8.29. The molecule has 1 atom stereocenters. The third-order valence-electron chi connectivity index (χ3n) is 1.80. The monoisotopic (exact) mass is 183 g/mol. The summed E-state index contributed by atoms with van der Waals surface area (Å²) in [6.07, 6.45) is 1.57. The van der Waals surface area contributed by atoms with Gasteiger partial charge < -0.3 is 10.6 Å². The van der Waals surface area contributed by atoms with Crippen molar-refractivity contribution in [3.8, 4) is 6.07 Å². The normalized spacial score (nSPS) is 11.8. The molecule has 0 fully saturated rings. The fourth-order valence-corrected chi connectivity index (χ4v) is 0.884. The topological polar surface area (TPSA) is 70.1 Å². The largest absolute Gasteiger partial charge is 0.345 e. The van der Waals surface area contributed by atoms with Gasteiger partial charge in [-0.15, -0.1) is 0 Å². The highest BCUT2D eigenvalue weighted by atomic mass is 16.2. The van der Waals surface area contributed by atoms with Crippen LogP contribution in [0.15, 0.2) is 0 Å². The Labute approximate surface area is 79.3 Å². The Morgan fingerprint density at radius 2 is 2.31 bits per heavy atom. The van der Waals surface area contributed by atoms with E-state index in [-0.39, 0.29) is 11.9 Å². The highest BCUT2D eigenvalue weighted by Crippen LogP contribution is 1.98. The van der Waals surface area contributed by atoms with E-state index in [1.54, 1.807) is 11.9 Å². The Hall–Kier alpha value is -1.08. The number of nitrogens with zero attached hydrogens (tertiary/aromatic N) is 2. The maximum absolute atomic E-state index is 11.3. The summed E-state index contributed by atoms with van der Waals surface area (Å²) in [6, 6.07) is 2.06. The van der Waals surface area contributed by atoms with Crippen LogP contribution in [0, 0.1) is 11.3 Å². The van der Waals surface area contributed by atoms with Crippen LogP contribution in [0.3, 0.4) is 0 Å². The fourth-order valence-electron chi connectivity index (χ4n) is 0.884. The number of hydrogen-bond acceptors (Lipinski definition) is 3. The highest BCUT2D eigenvalue weighted by Gasteiger charge is 2.08. The van der Waals surface area contributed by atoms with Crippen molar-refractivity contribution >= 4 is 5.91 Å². The zero-order chi connectivity index (χ0) is 10.3. The summed E-state index contributed by atoms with van der Waals surface area (Å²) in [6.45, 7) is 2.39. The maximum atomic E-state index is 11.3. The summed E-state index contributed by atoms with van der Waals surface area (Å²) in [5.74, 6) is 0.0625. The molecular formula is C9H17N3O. The predicted molar refractivity (Wildman–Crippen MR) is 50.8 cm³/mol. The Kier molecular flexibility index (Phi) is 5.90. The van der Waals surface area contributed by atoms with Crippen LogP contribution in [0.2, 0.25) is 0 Å². The van der Waals surface area contributed by atoms with E-state index >= 15 is 0 Å². The molecule has 0 saturated carbocycles. The Bertz CT molecular complexity index is 196. The molecule has 0 saturated heterocycles. The second kappa shape index (κ2) is 6.44. The van der Waals surface area contributed by atoms with E-state index in [4.69, 9.17) is 11.0 Å². The van der Waals surface area contributed by atoms with Crippen LogP contribution in [-0.2, 0) is 4.79 Å². The van der Waals surface area contributed by atoms with Crippen LogP contribution >= 0.6 is 0 Å². The molecule has 0 bridgehead atoms. The van der Waals surface area contributed by atoms with E-state index in [1.807, 2.05) is 13.0 Å². The summed E-state index contributed by atoms with van der Waals surface area (Å²) in [7, 11) is 1.71. The standard InChI is InChI=1S/C9H17N3O/c1-8(11)4-5-9(13)12(2)7-3-6-10/h8H,3-5,7,11H2,1-2H3. The minimum absolute atomic E-state index is 0.0625. The van der Waals surface area contributed by atoms with E-state index in [2.05, 4.69) is 0 Å². The van der Waals surface area contributed by atoms with Crippen molar-refractivity contribution < 1.29 is 4.79 Å². The van der Waals surface area contributed by atoms with Gasteiger partial charge in [-0.25, -0.2) is 0 Å². The first kappa shape index (κ1) is 11.9. The molecule has 4 heteroatoms. The summed E-state index contributed by atoms with van der Waals surface area (Å²) in [5.41, 5.74) is 5.52. The molecule has 0 spiro atoms. The van der Waals surface area contributed by atoms with Gasteiger partial charge in [0.1, 0.15) is 0 Å². The van der Waals surface area contributed by atoms with Gasteiger partial charge in [0.2, 0.25) is 5.91 Å².